The molecule has 106 valence electrons. The van der Waals surface area contributed by atoms with Gasteiger partial charge in [-0.3, -0.25) is 4.79 Å². The van der Waals surface area contributed by atoms with Crippen LogP contribution in [0.3, 0.4) is 0 Å². The molecule has 3 nitrogen and oxygen atoms in total. The SMILES string of the molecule is Cc1ccc(CNC(=O)CCC(N)c2ccccc2)s1. The largest absolute Gasteiger partial charge is 0.351 e. The number of benzene rings is 1. The highest BCUT2D eigenvalue weighted by Gasteiger charge is 2.09. The monoisotopic (exact) mass is 288 g/mol. The number of rotatable bonds is 6. The lowest BCUT2D eigenvalue weighted by Gasteiger charge is -2.11. The van der Waals surface area contributed by atoms with Gasteiger partial charge in [-0.2, -0.15) is 0 Å². The molecule has 1 atom stereocenters. The van der Waals surface area contributed by atoms with Crippen LogP contribution >= 0.6 is 11.3 Å². The molecule has 2 aromatic rings. The van der Waals surface area contributed by atoms with E-state index in [1.54, 1.807) is 11.3 Å². The molecular formula is C16H20N2OS. The van der Waals surface area contributed by atoms with Gasteiger partial charge in [0.05, 0.1) is 6.54 Å². The highest BCUT2D eigenvalue weighted by molar-refractivity contribution is 7.11. The van der Waals surface area contributed by atoms with Gasteiger partial charge in [0.1, 0.15) is 0 Å². The molecule has 0 aliphatic rings. The van der Waals surface area contributed by atoms with Gasteiger partial charge in [-0.1, -0.05) is 30.3 Å². The zero-order chi connectivity index (χ0) is 14.4. The lowest BCUT2D eigenvalue weighted by molar-refractivity contribution is -0.121. The lowest BCUT2D eigenvalue weighted by Crippen LogP contribution is -2.23. The third-order valence-corrected chi connectivity index (χ3v) is 4.17. The van der Waals surface area contributed by atoms with Crippen LogP contribution < -0.4 is 11.1 Å². The zero-order valence-corrected chi connectivity index (χ0v) is 12.5. The fourth-order valence-electron chi connectivity index (χ4n) is 2.01. The van der Waals surface area contributed by atoms with Gasteiger partial charge in [-0.15, -0.1) is 11.3 Å². The van der Waals surface area contributed by atoms with Crippen LogP contribution in [0.4, 0.5) is 0 Å². The minimum absolute atomic E-state index is 0.0578. The maximum absolute atomic E-state index is 11.8. The minimum Gasteiger partial charge on any atom is -0.351 e. The summed E-state index contributed by atoms with van der Waals surface area (Å²) in [6.07, 6.45) is 1.12. The number of aryl methyl sites for hydroxylation is 1. The highest BCUT2D eigenvalue weighted by Crippen LogP contribution is 2.16. The smallest absolute Gasteiger partial charge is 0.220 e. The van der Waals surface area contributed by atoms with Gasteiger partial charge in [-0.05, 0) is 31.0 Å². The van der Waals surface area contributed by atoms with Crippen molar-refractivity contribution in [2.75, 3.05) is 0 Å². The molecule has 0 aliphatic carbocycles. The lowest BCUT2D eigenvalue weighted by atomic mass is 10.0. The summed E-state index contributed by atoms with van der Waals surface area (Å²) in [6.45, 7) is 2.67. The Morgan fingerprint density at radius 2 is 2.00 bits per heavy atom. The Bertz CT molecular complexity index is 551. The maximum Gasteiger partial charge on any atom is 0.220 e. The van der Waals surface area contributed by atoms with Gasteiger partial charge < -0.3 is 11.1 Å². The summed E-state index contributed by atoms with van der Waals surface area (Å²) in [5.74, 6) is 0.0578. The first kappa shape index (κ1) is 14.8. The molecule has 0 spiro atoms. The van der Waals surface area contributed by atoms with Gasteiger partial charge >= 0.3 is 0 Å². The molecule has 3 N–H and O–H groups in total. The number of hydrogen-bond donors (Lipinski definition) is 2. The molecule has 1 unspecified atom stereocenters. The van der Waals surface area contributed by atoms with Crippen molar-refractivity contribution in [2.45, 2.75) is 32.4 Å². The molecule has 0 radical (unpaired) electrons. The maximum atomic E-state index is 11.8. The van der Waals surface area contributed by atoms with Gasteiger partial charge in [-0.25, -0.2) is 0 Å². The molecule has 1 aromatic carbocycles. The predicted molar refractivity (Wildman–Crippen MR) is 83.5 cm³/mol. The van der Waals surface area contributed by atoms with Crippen molar-refractivity contribution in [3.8, 4) is 0 Å². The molecular weight excluding hydrogens is 268 g/mol. The van der Waals surface area contributed by atoms with Crippen molar-refractivity contribution in [2.24, 2.45) is 5.73 Å². The third-order valence-electron chi connectivity index (χ3n) is 3.17. The van der Waals surface area contributed by atoms with E-state index in [0.29, 0.717) is 19.4 Å². The molecule has 0 bridgehead atoms. The molecule has 0 fully saturated rings. The first-order valence-corrected chi connectivity index (χ1v) is 7.59. The van der Waals surface area contributed by atoms with E-state index < -0.39 is 0 Å². The summed E-state index contributed by atoms with van der Waals surface area (Å²) in [6, 6.07) is 13.9. The average Bonchev–Trinajstić information content (AvgIpc) is 2.89. The second kappa shape index (κ2) is 7.22. The molecule has 20 heavy (non-hydrogen) atoms. The molecule has 0 aliphatic heterocycles. The summed E-state index contributed by atoms with van der Waals surface area (Å²) < 4.78 is 0. The van der Waals surface area contributed by atoms with Crippen molar-refractivity contribution in [1.82, 2.24) is 5.32 Å². The number of nitrogens with two attached hydrogens (primary N) is 1. The van der Waals surface area contributed by atoms with Crippen LogP contribution in [0.5, 0.6) is 0 Å². The highest BCUT2D eigenvalue weighted by atomic mass is 32.1. The van der Waals surface area contributed by atoms with Crippen LogP contribution in [0, 0.1) is 6.92 Å². The van der Waals surface area contributed by atoms with Crippen LogP contribution in [-0.2, 0) is 11.3 Å². The van der Waals surface area contributed by atoms with Gasteiger partial charge in [0.15, 0.2) is 0 Å². The van der Waals surface area contributed by atoms with E-state index in [2.05, 4.69) is 24.4 Å². The first-order chi connectivity index (χ1) is 9.65. The van der Waals surface area contributed by atoms with Crippen LogP contribution in [0.15, 0.2) is 42.5 Å². The summed E-state index contributed by atoms with van der Waals surface area (Å²) in [5, 5.41) is 2.94. The van der Waals surface area contributed by atoms with Crippen molar-refractivity contribution in [3.63, 3.8) is 0 Å². The van der Waals surface area contributed by atoms with Crippen molar-refractivity contribution < 1.29 is 4.79 Å². The Morgan fingerprint density at radius 1 is 1.25 bits per heavy atom. The second-order valence-electron chi connectivity index (χ2n) is 4.84. The molecule has 1 amide bonds. The Labute approximate surface area is 123 Å². The molecule has 2 rings (SSSR count). The van der Waals surface area contributed by atoms with E-state index in [9.17, 15) is 4.79 Å². The number of hydrogen-bond acceptors (Lipinski definition) is 3. The van der Waals surface area contributed by atoms with E-state index in [1.165, 1.54) is 9.75 Å². The van der Waals surface area contributed by atoms with E-state index in [-0.39, 0.29) is 11.9 Å². The van der Waals surface area contributed by atoms with Crippen LogP contribution in [0.1, 0.15) is 34.2 Å². The van der Waals surface area contributed by atoms with Crippen molar-refractivity contribution in [1.29, 1.82) is 0 Å². The van der Waals surface area contributed by atoms with E-state index >= 15 is 0 Å². The topological polar surface area (TPSA) is 55.1 Å². The van der Waals surface area contributed by atoms with Gasteiger partial charge in [0.2, 0.25) is 5.91 Å². The fraction of sp³-hybridized carbons (Fsp3) is 0.312. The van der Waals surface area contributed by atoms with Gasteiger partial charge in [0.25, 0.3) is 0 Å². The third kappa shape index (κ3) is 4.47. The van der Waals surface area contributed by atoms with Crippen LogP contribution in [0.25, 0.3) is 0 Å². The summed E-state index contributed by atoms with van der Waals surface area (Å²) >= 11 is 1.71. The van der Waals surface area contributed by atoms with Crippen LogP contribution in [-0.4, -0.2) is 5.91 Å². The second-order valence-corrected chi connectivity index (χ2v) is 6.22. The number of nitrogens with one attached hydrogen (secondary N) is 1. The average molecular weight is 288 g/mol. The Morgan fingerprint density at radius 3 is 2.65 bits per heavy atom. The molecule has 0 saturated carbocycles. The number of amides is 1. The quantitative estimate of drug-likeness (QED) is 0.858. The first-order valence-electron chi connectivity index (χ1n) is 6.77. The van der Waals surface area contributed by atoms with E-state index in [1.807, 2.05) is 30.3 Å². The normalized spacial score (nSPS) is 12.1. The Hall–Kier alpha value is -1.65. The fourth-order valence-corrected chi connectivity index (χ4v) is 2.84. The molecule has 4 heteroatoms. The summed E-state index contributed by atoms with van der Waals surface area (Å²) in [4.78, 5) is 14.2. The molecule has 0 saturated heterocycles. The van der Waals surface area contributed by atoms with E-state index in [4.69, 9.17) is 5.73 Å². The minimum atomic E-state index is -0.0778. The summed E-state index contributed by atoms with van der Waals surface area (Å²) in [5.41, 5.74) is 7.15. The number of carbonyl (C=O) groups excluding carboxylic acids is 1. The Balaban J connectivity index is 1.72. The molecule has 1 heterocycles. The van der Waals surface area contributed by atoms with Gasteiger partial charge in [0, 0.05) is 22.2 Å². The number of thiophene rings is 1. The van der Waals surface area contributed by atoms with Crippen molar-refractivity contribution >= 4 is 17.2 Å². The summed E-state index contributed by atoms with van der Waals surface area (Å²) in [7, 11) is 0. The van der Waals surface area contributed by atoms with E-state index in [0.717, 1.165) is 5.56 Å². The molecule has 1 aromatic heterocycles. The zero-order valence-electron chi connectivity index (χ0n) is 11.6. The van der Waals surface area contributed by atoms with Crippen molar-refractivity contribution in [3.05, 3.63) is 57.8 Å². The predicted octanol–water partition coefficient (Wildman–Crippen LogP) is 3.15. The Kier molecular flexibility index (Phi) is 5.32. The number of carbonyl (C=O) groups is 1. The van der Waals surface area contributed by atoms with Crippen LogP contribution in [0.2, 0.25) is 0 Å². The standard InChI is InChI=1S/C16H20N2OS/c1-12-7-8-14(20-12)11-18-16(19)10-9-15(17)13-5-3-2-4-6-13/h2-8,15H,9-11,17H2,1H3,(H,18,19).